The van der Waals surface area contributed by atoms with Gasteiger partial charge in [0.25, 0.3) is 0 Å². The number of hydrogen-bond donors (Lipinski definition) is 1. The number of carboxylic acid groups (broad SMARTS) is 1. The van der Waals surface area contributed by atoms with Crippen LogP contribution in [0.3, 0.4) is 0 Å². The first kappa shape index (κ1) is 28.0. The van der Waals surface area contributed by atoms with Gasteiger partial charge in [0.15, 0.2) is 11.4 Å². The molecular formula is C32H38FNO6. The Morgan fingerprint density at radius 3 is 2.48 bits per heavy atom. The number of halogens is 1. The van der Waals surface area contributed by atoms with Gasteiger partial charge in [-0.1, -0.05) is 45.0 Å². The van der Waals surface area contributed by atoms with E-state index >= 15 is 4.39 Å². The highest BCUT2D eigenvalue weighted by molar-refractivity contribution is 5.68. The molecule has 0 amide bonds. The van der Waals surface area contributed by atoms with Crippen molar-refractivity contribution in [2.75, 3.05) is 7.11 Å². The lowest BCUT2D eigenvalue weighted by Crippen LogP contribution is -2.25. The highest BCUT2D eigenvalue weighted by Gasteiger charge is 2.48. The monoisotopic (exact) mass is 551 g/mol. The molecule has 40 heavy (non-hydrogen) atoms. The summed E-state index contributed by atoms with van der Waals surface area (Å²) >= 11 is 0. The molecule has 0 saturated heterocycles. The van der Waals surface area contributed by atoms with Crippen LogP contribution in [0.1, 0.15) is 77.0 Å². The van der Waals surface area contributed by atoms with Crippen molar-refractivity contribution in [2.24, 2.45) is 16.7 Å². The SMILES string of the molecule is COc1ccc(F)c(-c2onc(COc3cccc([C@@H](CC(=O)O)C4CC4)c3)c2OC2CC(C)(C)C(C)(C)C2)c1. The number of benzene rings is 2. The van der Waals surface area contributed by atoms with Crippen molar-refractivity contribution in [3.8, 4) is 28.6 Å². The summed E-state index contributed by atoms with van der Waals surface area (Å²) in [7, 11) is 1.52. The summed E-state index contributed by atoms with van der Waals surface area (Å²) in [6.07, 6.45) is 3.75. The number of aromatic nitrogens is 1. The van der Waals surface area contributed by atoms with E-state index in [-0.39, 0.29) is 47.2 Å². The van der Waals surface area contributed by atoms with E-state index in [0.717, 1.165) is 31.2 Å². The zero-order valence-corrected chi connectivity index (χ0v) is 23.8. The first-order valence-electron chi connectivity index (χ1n) is 13.9. The number of methoxy groups -OCH3 is 1. The average Bonchev–Trinajstić information content (AvgIpc) is 3.63. The van der Waals surface area contributed by atoms with Crippen LogP contribution in [0.2, 0.25) is 0 Å². The van der Waals surface area contributed by atoms with E-state index in [1.807, 2.05) is 24.3 Å². The number of hydrogen-bond acceptors (Lipinski definition) is 6. The molecule has 214 valence electrons. The highest BCUT2D eigenvalue weighted by atomic mass is 19.1. The number of ether oxygens (including phenoxy) is 3. The zero-order chi connectivity index (χ0) is 28.7. The van der Waals surface area contributed by atoms with Crippen molar-refractivity contribution in [3.63, 3.8) is 0 Å². The van der Waals surface area contributed by atoms with Gasteiger partial charge in [-0.15, -0.1) is 0 Å². The molecule has 1 aromatic heterocycles. The third-order valence-corrected chi connectivity index (χ3v) is 8.97. The van der Waals surface area contributed by atoms with Gasteiger partial charge in [0, 0.05) is 0 Å². The third-order valence-electron chi connectivity index (χ3n) is 8.97. The van der Waals surface area contributed by atoms with Gasteiger partial charge in [-0.05, 0) is 84.2 Å². The topological polar surface area (TPSA) is 91.0 Å². The van der Waals surface area contributed by atoms with E-state index in [9.17, 15) is 9.90 Å². The number of carboxylic acids is 1. The standard InChI is InChI=1S/C32H38FNO6/c1-31(2)16-23(17-32(31,3)4)39-30-27(34-40-29(30)25-14-21(37-5)11-12-26(25)33)18-38-22-8-6-7-20(13-22)24(15-28(35)36)19-9-10-19/h6-8,11-14,19,23-24H,9-10,15-18H2,1-5H3,(H,35,36)/t24-/m0/s1. The summed E-state index contributed by atoms with van der Waals surface area (Å²) in [5.74, 6) is 0.723. The Kier molecular flexibility index (Phi) is 7.55. The third kappa shape index (κ3) is 5.81. The van der Waals surface area contributed by atoms with Crippen LogP contribution in [-0.2, 0) is 11.4 Å². The zero-order valence-electron chi connectivity index (χ0n) is 23.8. The van der Waals surface area contributed by atoms with Gasteiger partial charge in [0.1, 0.15) is 30.0 Å². The fraction of sp³-hybridized carbons (Fsp3) is 0.500. The minimum Gasteiger partial charge on any atom is -0.497 e. The summed E-state index contributed by atoms with van der Waals surface area (Å²) in [6, 6.07) is 12.0. The molecule has 2 aliphatic rings. The van der Waals surface area contributed by atoms with Crippen LogP contribution in [-0.4, -0.2) is 29.4 Å². The van der Waals surface area contributed by atoms with Gasteiger partial charge in [-0.2, -0.15) is 0 Å². The Morgan fingerprint density at radius 2 is 1.82 bits per heavy atom. The van der Waals surface area contributed by atoms with Crippen LogP contribution < -0.4 is 14.2 Å². The molecule has 2 aromatic carbocycles. The maximum atomic E-state index is 15.0. The summed E-state index contributed by atoms with van der Waals surface area (Å²) in [5, 5.41) is 13.6. The van der Waals surface area contributed by atoms with E-state index in [4.69, 9.17) is 18.7 Å². The minimum atomic E-state index is -0.803. The van der Waals surface area contributed by atoms with E-state index in [2.05, 4.69) is 32.9 Å². The van der Waals surface area contributed by atoms with Gasteiger partial charge >= 0.3 is 5.97 Å². The first-order chi connectivity index (χ1) is 19.0. The maximum Gasteiger partial charge on any atom is 0.303 e. The highest BCUT2D eigenvalue weighted by Crippen LogP contribution is 2.53. The molecule has 0 bridgehead atoms. The average molecular weight is 552 g/mol. The molecule has 5 rings (SSSR count). The summed E-state index contributed by atoms with van der Waals surface area (Å²) in [4.78, 5) is 11.5. The van der Waals surface area contributed by atoms with Crippen molar-refractivity contribution >= 4 is 5.97 Å². The van der Waals surface area contributed by atoms with Crippen LogP contribution >= 0.6 is 0 Å². The smallest absolute Gasteiger partial charge is 0.303 e. The van der Waals surface area contributed by atoms with Crippen molar-refractivity contribution in [1.29, 1.82) is 0 Å². The predicted molar refractivity (Wildman–Crippen MR) is 148 cm³/mol. The molecule has 1 N–H and O–H groups in total. The van der Waals surface area contributed by atoms with Crippen LogP contribution in [0, 0.1) is 22.6 Å². The molecular weight excluding hydrogens is 513 g/mol. The molecule has 2 saturated carbocycles. The lowest BCUT2D eigenvalue weighted by molar-refractivity contribution is -0.137. The molecule has 1 atom stereocenters. The number of aliphatic carboxylic acids is 1. The van der Waals surface area contributed by atoms with Crippen LogP contribution in [0.15, 0.2) is 47.0 Å². The lowest BCUT2D eigenvalue weighted by atomic mass is 9.71. The Hall–Kier alpha value is -3.55. The van der Waals surface area contributed by atoms with E-state index in [0.29, 0.717) is 28.9 Å². The quantitative estimate of drug-likeness (QED) is 0.262. The van der Waals surface area contributed by atoms with Crippen molar-refractivity contribution in [2.45, 2.75) is 78.4 Å². The van der Waals surface area contributed by atoms with Crippen molar-refractivity contribution in [1.82, 2.24) is 5.16 Å². The maximum absolute atomic E-state index is 15.0. The first-order valence-corrected chi connectivity index (χ1v) is 13.9. The van der Waals surface area contributed by atoms with Gasteiger partial charge in [-0.3, -0.25) is 4.79 Å². The molecule has 2 aliphatic carbocycles. The molecule has 2 fully saturated rings. The summed E-state index contributed by atoms with van der Waals surface area (Å²) in [5.41, 5.74) is 1.69. The molecule has 0 unspecified atom stereocenters. The number of nitrogens with zero attached hydrogens (tertiary/aromatic N) is 1. The minimum absolute atomic E-state index is 0.0382. The Morgan fingerprint density at radius 1 is 1.10 bits per heavy atom. The number of rotatable bonds is 11. The molecule has 1 heterocycles. The molecule has 3 aromatic rings. The van der Waals surface area contributed by atoms with Gasteiger partial charge in [0.05, 0.1) is 19.1 Å². The summed E-state index contributed by atoms with van der Waals surface area (Å²) in [6.45, 7) is 9.00. The summed E-state index contributed by atoms with van der Waals surface area (Å²) < 4.78 is 38.7. The Bertz CT molecular complexity index is 1360. The fourth-order valence-corrected chi connectivity index (χ4v) is 5.75. The number of carbonyl (C=O) groups is 1. The van der Waals surface area contributed by atoms with Gasteiger partial charge in [0.2, 0.25) is 5.76 Å². The molecule has 0 radical (unpaired) electrons. The molecule has 8 heteroatoms. The second kappa shape index (κ2) is 10.8. The molecule has 0 spiro atoms. The molecule has 7 nitrogen and oxygen atoms in total. The van der Waals surface area contributed by atoms with E-state index in [1.54, 1.807) is 12.1 Å². The van der Waals surface area contributed by atoms with Crippen LogP contribution in [0.25, 0.3) is 11.3 Å². The van der Waals surface area contributed by atoms with Gasteiger partial charge in [-0.25, -0.2) is 4.39 Å². The van der Waals surface area contributed by atoms with E-state index in [1.165, 1.54) is 13.2 Å². The second-order valence-corrected chi connectivity index (χ2v) is 12.5. The van der Waals surface area contributed by atoms with E-state index < -0.39 is 11.8 Å². The van der Waals surface area contributed by atoms with Gasteiger partial charge < -0.3 is 23.8 Å². The van der Waals surface area contributed by atoms with Crippen LogP contribution in [0.5, 0.6) is 17.2 Å². The van der Waals surface area contributed by atoms with Crippen LogP contribution in [0.4, 0.5) is 4.39 Å². The lowest BCUT2D eigenvalue weighted by Gasteiger charge is -2.33. The second-order valence-electron chi connectivity index (χ2n) is 12.5. The Labute approximate surface area is 234 Å². The normalized spacial score (nSPS) is 18.9. The van der Waals surface area contributed by atoms with Crippen molar-refractivity contribution < 1.29 is 33.0 Å². The largest absolute Gasteiger partial charge is 0.497 e. The predicted octanol–water partition coefficient (Wildman–Crippen LogP) is 7.63. The fourth-order valence-electron chi connectivity index (χ4n) is 5.75. The van der Waals surface area contributed by atoms with Crippen molar-refractivity contribution in [3.05, 3.63) is 59.5 Å². The Balaban J connectivity index is 1.43. The molecule has 0 aliphatic heterocycles.